The molecule has 0 aliphatic rings. The minimum absolute atomic E-state index is 0.0301. The lowest BCUT2D eigenvalue weighted by molar-refractivity contribution is -0.137. The van der Waals surface area contributed by atoms with Crippen molar-refractivity contribution in [2.45, 2.75) is 6.18 Å². The molecular weight excluding hydrogens is 271 g/mol. The number of rotatable bonds is 3. The van der Waals surface area contributed by atoms with Crippen molar-refractivity contribution in [2.24, 2.45) is 0 Å². The standard InChI is InChI=1S/C13H12F3N3O/c1-20-10-4-2-9(3-5-10)18-12-7-8(13(14,15)16)6-11(17)19-12/h2-7H,1H3,(H3,17,18,19). The second-order valence-corrected chi connectivity index (χ2v) is 4.02. The number of alkyl halides is 3. The first-order valence-electron chi connectivity index (χ1n) is 5.64. The average molecular weight is 283 g/mol. The first-order valence-corrected chi connectivity index (χ1v) is 5.64. The van der Waals surface area contributed by atoms with Crippen LogP contribution in [-0.4, -0.2) is 12.1 Å². The van der Waals surface area contributed by atoms with Crippen LogP contribution in [0.2, 0.25) is 0 Å². The zero-order chi connectivity index (χ0) is 14.8. The largest absolute Gasteiger partial charge is 0.497 e. The lowest BCUT2D eigenvalue weighted by atomic mass is 10.2. The normalized spacial score (nSPS) is 11.2. The van der Waals surface area contributed by atoms with Crippen molar-refractivity contribution in [1.82, 2.24) is 4.98 Å². The summed E-state index contributed by atoms with van der Waals surface area (Å²) in [7, 11) is 1.53. The molecule has 20 heavy (non-hydrogen) atoms. The Morgan fingerprint density at radius 3 is 2.35 bits per heavy atom. The Morgan fingerprint density at radius 2 is 1.80 bits per heavy atom. The number of hydrogen-bond acceptors (Lipinski definition) is 4. The number of methoxy groups -OCH3 is 1. The summed E-state index contributed by atoms with van der Waals surface area (Å²) in [6.07, 6.45) is -4.46. The maximum Gasteiger partial charge on any atom is 0.416 e. The van der Waals surface area contributed by atoms with E-state index < -0.39 is 11.7 Å². The van der Waals surface area contributed by atoms with Gasteiger partial charge in [0.1, 0.15) is 17.4 Å². The van der Waals surface area contributed by atoms with Gasteiger partial charge in [-0.25, -0.2) is 4.98 Å². The molecular formula is C13H12F3N3O. The van der Waals surface area contributed by atoms with Crippen molar-refractivity contribution in [3.8, 4) is 5.75 Å². The van der Waals surface area contributed by atoms with E-state index in [9.17, 15) is 13.2 Å². The van der Waals surface area contributed by atoms with Gasteiger partial charge >= 0.3 is 6.18 Å². The maximum atomic E-state index is 12.7. The summed E-state index contributed by atoms with van der Waals surface area (Å²) in [4.78, 5) is 3.82. The molecule has 0 bridgehead atoms. The number of pyridine rings is 1. The number of nitrogens with one attached hydrogen (secondary N) is 1. The van der Waals surface area contributed by atoms with Crippen molar-refractivity contribution in [3.63, 3.8) is 0 Å². The molecule has 106 valence electrons. The summed E-state index contributed by atoms with van der Waals surface area (Å²) in [6, 6.07) is 8.38. The minimum atomic E-state index is -4.46. The maximum absolute atomic E-state index is 12.7. The van der Waals surface area contributed by atoms with Gasteiger partial charge in [-0.2, -0.15) is 13.2 Å². The number of anilines is 3. The molecule has 0 aliphatic carbocycles. The number of nitrogens with two attached hydrogens (primary N) is 1. The highest BCUT2D eigenvalue weighted by atomic mass is 19.4. The van der Waals surface area contributed by atoms with E-state index in [-0.39, 0.29) is 11.6 Å². The number of nitrogen functional groups attached to an aromatic ring is 1. The third-order valence-electron chi connectivity index (χ3n) is 2.53. The highest BCUT2D eigenvalue weighted by Crippen LogP contribution is 2.32. The number of aromatic nitrogens is 1. The van der Waals surface area contributed by atoms with E-state index in [4.69, 9.17) is 10.5 Å². The van der Waals surface area contributed by atoms with Crippen molar-refractivity contribution in [1.29, 1.82) is 0 Å². The lowest BCUT2D eigenvalue weighted by Crippen LogP contribution is -2.08. The van der Waals surface area contributed by atoms with Crippen molar-refractivity contribution in [3.05, 3.63) is 42.0 Å². The minimum Gasteiger partial charge on any atom is -0.497 e. The van der Waals surface area contributed by atoms with Crippen LogP contribution in [0.4, 0.5) is 30.5 Å². The molecule has 0 unspecified atom stereocenters. The van der Waals surface area contributed by atoms with Crippen LogP contribution in [0.15, 0.2) is 36.4 Å². The van der Waals surface area contributed by atoms with E-state index in [0.29, 0.717) is 11.4 Å². The number of ether oxygens (including phenoxy) is 1. The molecule has 7 heteroatoms. The monoisotopic (exact) mass is 283 g/mol. The predicted octanol–water partition coefficient (Wildman–Crippen LogP) is 3.43. The molecule has 0 fully saturated rings. The number of hydrogen-bond donors (Lipinski definition) is 2. The topological polar surface area (TPSA) is 60.2 Å². The first kappa shape index (κ1) is 14.0. The summed E-state index contributed by atoms with van der Waals surface area (Å²) < 4.78 is 43.0. The van der Waals surface area contributed by atoms with E-state index >= 15 is 0 Å². The van der Waals surface area contributed by atoms with E-state index in [2.05, 4.69) is 10.3 Å². The van der Waals surface area contributed by atoms with Gasteiger partial charge in [-0.15, -0.1) is 0 Å². The van der Waals surface area contributed by atoms with Gasteiger partial charge in [-0.3, -0.25) is 0 Å². The molecule has 0 radical (unpaired) electrons. The fourth-order valence-electron chi connectivity index (χ4n) is 1.60. The first-order chi connectivity index (χ1) is 9.38. The van der Waals surface area contributed by atoms with Crippen molar-refractivity contribution >= 4 is 17.3 Å². The number of benzene rings is 1. The SMILES string of the molecule is COc1ccc(Nc2cc(C(F)(F)F)cc(N)n2)cc1. The molecule has 0 atom stereocenters. The van der Waals surface area contributed by atoms with Crippen LogP contribution in [0.5, 0.6) is 5.75 Å². The smallest absolute Gasteiger partial charge is 0.416 e. The molecule has 1 aromatic carbocycles. The van der Waals surface area contributed by atoms with Crippen LogP contribution in [0.3, 0.4) is 0 Å². The Balaban J connectivity index is 2.26. The average Bonchev–Trinajstić information content (AvgIpc) is 2.38. The fraction of sp³-hybridized carbons (Fsp3) is 0.154. The van der Waals surface area contributed by atoms with E-state index in [0.717, 1.165) is 12.1 Å². The van der Waals surface area contributed by atoms with Gasteiger partial charge in [0.2, 0.25) is 0 Å². The van der Waals surface area contributed by atoms with Crippen LogP contribution in [0.1, 0.15) is 5.56 Å². The Morgan fingerprint density at radius 1 is 1.15 bits per heavy atom. The van der Waals surface area contributed by atoms with Crippen molar-refractivity contribution < 1.29 is 17.9 Å². The van der Waals surface area contributed by atoms with Crippen LogP contribution < -0.4 is 15.8 Å². The fourth-order valence-corrected chi connectivity index (χ4v) is 1.60. The van der Waals surface area contributed by atoms with Crippen LogP contribution in [0.25, 0.3) is 0 Å². The van der Waals surface area contributed by atoms with E-state index in [1.54, 1.807) is 24.3 Å². The Kier molecular flexibility index (Phi) is 3.69. The van der Waals surface area contributed by atoms with E-state index in [1.807, 2.05) is 0 Å². The van der Waals surface area contributed by atoms with Gasteiger partial charge in [0.25, 0.3) is 0 Å². The third-order valence-corrected chi connectivity index (χ3v) is 2.53. The van der Waals surface area contributed by atoms with Gasteiger partial charge in [0.05, 0.1) is 12.7 Å². The van der Waals surface area contributed by atoms with Gasteiger partial charge < -0.3 is 15.8 Å². The second-order valence-electron chi connectivity index (χ2n) is 4.02. The molecule has 0 aliphatic heterocycles. The van der Waals surface area contributed by atoms with Gasteiger partial charge in [0, 0.05) is 5.69 Å². The molecule has 3 N–H and O–H groups in total. The van der Waals surface area contributed by atoms with Crippen molar-refractivity contribution in [2.75, 3.05) is 18.2 Å². The Hall–Kier alpha value is -2.44. The second kappa shape index (κ2) is 5.28. The zero-order valence-electron chi connectivity index (χ0n) is 10.5. The molecule has 4 nitrogen and oxygen atoms in total. The summed E-state index contributed by atoms with van der Waals surface area (Å²) in [5, 5.41) is 2.76. The van der Waals surface area contributed by atoms with E-state index in [1.165, 1.54) is 7.11 Å². The summed E-state index contributed by atoms with van der Waals surface area (Å²) in [5.74, 6) is 0.477. The molecule has 2 rings (SSSR count). The molecule has 0 saturated carbocycles. The molecule has 1 heterocycles. The molecule has 0 saturated heterocycles. The highest BCUT2D eigenvalue weighted by molar-refractivity contribution is 5.59. The van der Waals surface area contributed by atoms with Crippen LogP contribution in [-0.2, 0) is 6.18 Å². The van der Waals surface area contributed by atoms with Crippen LogP contribution >= 0.6 is 0 Å². The summed E-state index contributed by atoms with van der Waals surface area (Å²) in [6.45, 7) is 0. The highest BCUT2D eigenvalue weighted by Gasteiger charge is 2.31. The third kappa shape index (κ3) is 3.31. The van der Waals surface area contributed by atoms with Crippen LogP contribution in [0, 0.1) is 0 Å². The van der Waals surface area contributed by atoms with Gasteiger partial charge in [0.15, 0.2) is 0 Å². The quantitative estimate of drug-likeness (QED) is 0.906. The van der Waals surface area contributed by atoms with Gasteiger partial charge in [-0.1, -0.05) is 0 Å². The number of halogens is 3. The predicted molar refractivity (Wildman–Crippen MR) is 69.9 cm³/mol. The summed E-state index contributed by atoms with van der Waals surface area (Å²) in [5.41, 5.74) is 5.12. The Bertz CT molecular complexity index is 597. The Labute approximate surface area is 113 Å². The zero-order valence-corrected chi connectivity index (χ0v) is 10.5. The molecule has 0 spiro atoms. The molecule has 2 aromatic rings. The lowest BCUT2D eigenvalue weighted by Gasteiger charge is -2.11. The summed E-state index contributed by atoms with van der Waals surface area (Å²) >= 11 is 0. The van der Waals surface area contributed by atoms with Gasteiger partial charge in [-0.05, 0) is 36.4 Å². The molecule has 1 aromatic heterocycles. The number of nitrogens with zero attached hydrogens (tertiary/aromatic N) is 1. The molecule has 0 amide bonds.